The smallest absolute Gasteiger partial charge is 0.211 e. The molecule has 5 heteroatoms. The molecule has 3 N–H and O–H groups in total. The average Bonchev–Trinajstić information content (AvgIpc) is 2.67. The molecule has 0 aromatic rings. The van der Waals surface area contributed by atoms with Gasteiger partial charge in [0, 0.05) is 6.04 Å². The first-order valence-corrected chi connectivity index (χ1v) is 7.40. The van der Waals surface area contributed by atoms with E-state index in [1.165, 1.54) is 12.8 Å². The third-order valence-electron chi connectivity index (χ3n) is 3.09. The topological polar surface area (TPSA) is 72.2 Å². The summed E-state index contributed by atoms with van der Waals surface area (Å²) in [5.74, 6) is 0.679. The Morgan fingerprint density at radius 1 is 1.40 bits per heavy atom. The molecule has 90 valence electrons. The predicted octanol–water partition coefficient (Wildman–Crippen LogP) is 0.833. The van der Waals surface area contributed by atoms with E-state index >= 15 is 0 Å². The number of hydrogen-bond donors (Lipinski definition) is 2. The van der Waals surface area contributed by atoms with Crippen LogP contribution >= 0.6 is 0 Å². The first-order chi connectivity index (χ1) is 7.05. The zero-order chi connectivity index (χ0) is 11.3. The van der Waals surface area contributed by atoms with Gasteiger partial charge in [0.25, 0.3) is 0 Å². The fourth-order valence-electron chi connectivity index (χ4n) is 2.17. The number of nitrogens with two attached hydrogens (primary N) is 1. The summed E-state index contributed by atoms with van der Waals surface area (Å²) < 4.78 is 25.9. The van der Waals surface area contributed by atoms with E-state index in [2.05, 4.69) is 4.72 Å². The van der Waals surface area contributed by atoms with Gasteiger partial charge in [-0.3, -0.25) is 0 Å². The summed E-state index contributed by atoms with van der Waals surface area (Å²) in [5.41, 5.74) is 5.30. The maximum absolute atomic E-state index is 11.6. The summed E-state index contributed by atoms with van der Waals surface area (Å²) in [6.45, 7) is 2.40. The molecule has 0 aromatic carbocycles. The van der Waals surface area contributed by atoms with Gasteiger partial charge in [-0.1, -0.05) is 12.8 Å². The summed E-state index contributed by atoms with van der Waals surface area (Å²) >= 11 is 0. The van der Waals surface area contributed by atoms with E-state index in [1.807, 2.05) is 6.92 Å². The minimum Gasteiger partial charge on any atom is -0.330 e. The minimum atomic E-state index is -3.11. The van der Waals surface area contributed by atoms with Gasteiger partial charge in [0.15, 0.2) is 0 Å². The van der Waals surface area contributed by atoms with Gasteiger partial charge in [-0.05, 0) is 38.6 Å². The molecule has 0 spiro atoms. The van der Waals surface area contributed by atoms with Gasteiger partial charge < -0.3 is 5.73 Å². The number of rotatable bonds is 6. The SMILES string of the molecule is CC(NS(=O)(=O)CCCN)C1CCCC1. The lowest BCUT2D eigenvalue weighted by Gasteiger charge is -2.20. The molecule has 1 fully saturated rings. The van der Waals surface area contributed by atoms with Crippen LogP contribution in [0, 0.1) is 5.92 Å². The van der Waals surface area contributed by atoms with Crippen LogP contribution in [0.25, 0.3) is 0 Å². The maximum Gasteiger partial charge on any atom is 0.211 e. The highest BCUT2D eigenvalue weighted by atomic mass is 32.2. The van der Waals surface area contributed by atoms with Crippen molar-refractivity contribution in [3.63, 3.8) is 0 Å². The van der Waals surface area contributed by atoms with Crippen molar-refractivity contribution in [3.05, 3.63) is 0 Å². The summed E-state index contributed by atoms with van der Waals surface area (Å²) in [6, 6.07) is 0.0790. The van der Waals surface area contributed by atoms with Gasteiger partial charge in [0.05, 0.1) is 5.75 Å². The fourth-order valence-corrected chi connectivity index (χ4v) is 3.59. The van der Waals surface area contributed by atoms with E-state index in [1.54, 1.807) is 0 Å². The third kappa shape index (κ3) is 4.49. The Morgan fingerprint density at radius 3 is 2.53 bits per heavy atom. The van der Waals surface area contributed by atoms with Crippen molar-refractivity contribution >= 4 is 10.0 Å². The molecule has 0 aliphatic heterocycles. The molecule has 1 unspecified atom stereocenters. The lowest BCUT2D eigenvalue weighted by molar-refractivity contribution is 0.423. The minimum absolute atomic E-state index is 0.0790. The van der Waals surface area contributed by atoms with E-state index < -0.39 is 10.0 Å². The van der Waals surface area contributed by atoms with Gasteiger partial charge in [0.1, 0.15) is 0 Å². The van der Waals surface area contributed by atoms with Crippen LogP contribution < -0.4 is 10.5 Å². The Balaban J connectivity index is 2.38. The van der Waals surface area contributed by atoms with Crippen molar-refractivity contribution in [2.75, 3.05) is 12.3 Å². The number of nitrogens with one attached hydrogen (secondary N) is 1. The predicted molar refractivity (Wildman–Crippen MR) is 62.0 cm³/mol. The number of hydrogen-bond acceptors (Lipinski definition) is 3. The molecule has 1 aliphatic rings. The van der Waals surface area contributed by atoms with Crippen molar-refractivity contribution < 1.29 is 8.42 Å². The standard InChI is InChI=1S/C10H22N2O2S/c1-9(10-5-2-3-6-10)12-15(13,14)8-4-7-11/h9-10,12H,2-8,11H2,1H3. The van der Waals surface area contributed by atoms with Gasteiger partial charge in [0.2, 0.25) is 10.0 Å². The van der Waals surface area contributed by atoms with Crippen LogP contribution in [0.3, 0.4) is 0 Å². The maximum atomic E-state index is 11.6. The van der Waals surface area contributed by atoms with Crippen LogP contribution in [-0.4, -0.2) is 26.8 Å². The van der Waals surface area contributed by atoms with E-state index in [9.17, 15) is 8.42 Å². The lowest BCUT2D eigenvalue weighted by Crippen LogP contribution is -2.38. The molecular weight excluding hydrogens is 212 g/mol. The zero-order valence-corrected chi connectivity index (χ0v) is 10.2. The van der Waals surface area contributed by atoms with Crippen LogP contribution in [0.2, 0.25) is 0 Å². The Kier molecular flexibility index (Phi) is 5.02. The van der Waals surface area contributed by atoms with Crippen LogP contribution in [0.5, 0.6) is 0 Å². The number of sulfonamides is 1. The van der Waals surface area contributed by atoms with Crippen molar-refractivity contribution in [2.45, 2.75) is 45.1 Å². The second-order valence-electron chi connectivity index (χ2n) is 4.41. The van der Waals surface area contributed by atoms with Gasteiger partial charge in [-0.2, -0.15) is 0 Å². The second-order valence-corrected chi connectivity index (χ2v) is 6.29. The molecule has 0 saturated heterocycles. The Labute approximate surface area is 92.7 Å². The summed E-state index contributed by atoms with van der Waals surface area (Å²) in [7, 11) is -3.11. The van der Waals surface area contributed by atoms with E-state index in [0.717, 1.165) is 12.8 Å². The van der Waals surface area contributed by atoms with E-state index in [0.29, 0.717) is 18.9 Å². The van der Waals surface area contributed by atoms with Crippen molar-refractivity contribution in [1.82, 2.24) is 4.72 Å². The molecule has 1 rings (SSSR count). The van der Waals surface area contributed by atoms with Crippen LogP contribution in [0.15, 0.2) is 0 Å². The zero-order valence-electron chi connectivity index (χ0n) is 9.41. The fraction of sp³-hybridized carbons (Fsp3) is 1.00. The molecule has 0 radical (unpaired) electrons. The second kappa shape index (κ2) is 5.82. The first kappa shape index (κ1) is 12.9. The average molecular weight is 234 g/mol. The normalized spacial score (nSPS) is 20.7. The summed E-state index contributed by atoms with van der Waals surface area (Å²) in [6.07, 6.45) is 5.31. The highest BCUT2D eigenvalue weighted by molar-refractivity contribution is 7.89. The largest absolute Gasteiger partial charge is 0.330 e. The Bertz CT molecular complexity index is 271. The van der Waals surface area contributed by atoms with Crippen molar-refractivity contribution in [2.24, 2.45) is 11.7 Å². The van der Waals surface area contributed by atoms with Crippen LogP contribution in [0.1, 0.15) is 39.0 Å². The molecule has 0 amide bonds. The summed E-state index contributed by atoms with van der Waals surface area (Å²) in [4.78, 5) is 0. The molecule has 0 aromatic heterocycles. The Hall–Kier alpha value is -0.130. The van der Waals surface area contributed by atoms with E-state index in [-0.39, 0.29) is 11.8 Å². The monoisotopic (exact) mass is 234 g/mol. The molecule has 1 saturated carbocycles. The first-order valence-electron chi connectivity index (χ1n) is 5.75. The van der Waals surface area contributed by atoms with Gasteiger partial charge >= 0.3 is 0 Å². The molecule has 0 bridgehead atoms. The molecule has 4 nitrogen and oxygen atoms in total. The van der Waals surface area contributed by atoms with E-state index in [4.69, 9.17) is 5.73 Å². The summed E-state index contributed by atoms with van der Waals surface area (Å²) in [5, 5.41) is 0. The Morgan fingerprint density at radius 2 is 2.00 bits per heavy atom. The van der Waals surface area contributed by atoms with Gasteiger partial charge in [-0.15, -0.1) is 0 Å². The molecule has 1 aliphatic carbocycles. The molecule has 0 heterocycles. The van der Waals surface area contributed by atoms with Crippen LogP contribution in [-0.2, 0) is 10.0 Å². The quantitative estimate of drug-likeness (QED) is 0.715. The highest BCUT2D eigenvalue weighted by Gasteiger charge is 2.24. The van der Waals surface area contributed by atoms with Crippen LogP contribution in [0.4, 0.5) is 0 Å². The molecule has 1 atom stereocenters. The third-order valence-corrected chi connectivity index (χ3v) is 4.65. The van der Waals surface area contributed by atoms with Crippen molar-refractivity contribution in [3.8, 4) is 0 Å². The molecule has 15 heavy (non-hydrogen) atoms. The lowest BCUT2D eigenvalue weighted by atomic mass is 10.0. The van der Waals surface area contributed by atoms with Gasteiger partial charge in [-0.25, -0.2) is 13.1 Å². The highest BCUT2D eigenvalue weighted by Crippen LogP contribution is 2.27. The molecular formula is C10H22N2O2S. The van der Waals surface area contributed by atoms with Crippen molar-refractivity contribution in [1.29, 1.82) is 0 Å².